The van der Waals surface area contributed by atoms with Gasteiger partial charge in [-0.05, 0) is 36.3 Å². The van der Waals surface area contributed by atoms with Crippen molar-refractivity contribution in [3.05, 3.63) is 35.6 Å². The predicted molar refractivity (Wildman–Crippen MR) is 47.5 cm³/mol. The summed E-state index contributed by atoms with van der Waals surface area (Å²) in [7, 11) is 0. The Morgan fingerprint density at radius 2 is 1.92 bits per heavy atom. The average Bonchev–Trinajstić information content (AvgIpc) is 2.01. The molecule has 1 saturated carbocycles. The Morgan fingerprint density at radius 3 is 2.50 bits per heavy atom. The number of hydrogen-bond acceptors (Lipinski definition) is 0. The molecule has 1 aromatic carbocycles. The molecule has 0 amide bonds. The highest BCUT2D eigenvalue weighted by Gasteiger charge is 2.28. The standard InChI is InChI=1S/C11H13F/c1-8-6-9(7-8)10-4-2-3-5-11(10)12/h2-5,8-9H,6-7H2,1H3/t8-,9+. The zero-order valence-corrected chi connectivity index (χ0v) is 7.26. The molecule has 0 aliphatic heterocycles. The summed E-state index contributed by atoms with van der Waals surface area (Å²) in [5, 5.41) is 0. The van der Waals surface area contributed by atoms with Crippen LogP contribution in [0.3, 0.4) is 0 Å². The van der Waals surface area contributed by atoms with Crippen molar-refractivity contribution in [2.24, 2.45) is 5.92 Å². The third kappa shape index (κ3) is 1.24. The largest absolute Gasteiger partial charge is 0.207 e. The Balaban J connectivity index is 2.18. The van der Waals surface area contributed by atoms with Gasteiger partial charge in [-0.2, -0.15) is 0 Å². The Bertz CT molecular complexity index is 274. The van der Waals surface area contributed by atoms with Gasteiger partial charge < -0.3 is 0 Å². The zero-order valence-electron chi connectivity index (χ0n) is 7.26. The zero-order chi connectivity index (χ0) is 8.55. The Labute approximate surface area is 72.4 Å². The lowest BCUT2D eigenvalue weighted by atomic mass is 9.72. The summed E-state index contributed by atoms with van der Waals surface area (Å²) in [6.45, 7) is 2.22. The summed E-state index contributed by atoms with van der Waals surface area (Å²) in [4.78, 5) is 0. The Morgan fingerprint density at radius 1 is 1.25 bits per heavy atom. The van der Waals surface area contributed by atoms with E-state index in [-0.39, 0.29) is 5.82 Å². The lowest BCUT2D eigenvalue weighted by molar-refractivity contribution is 0.282. The van der Waals surface area contributed by atoms with Crippen molar-refractivity contribution in [2.45, 2.75) is 25.7 Å². The second-order valence-corrected chi connectivity index (χ2v) is 3.80. The van der Waals surface area contributed by atoms with Gasteiger partial charge in [0.05, 0.1) is 0 Å². The summed E-state index contributed by atoms with van der Waals surface area (Å²) in [5.74, 6) is 1.24. The topological polar surface area (TPSA) is 0 Å². The molecule has 1 heteroatoms. The molecule has 0 N–H and O–H groups in total. The number of hydrogen-bond donors (Lipinski definition) is 0. The minimum atomic E-state index is -0.0330. The van der Waals surface area contributed by atoms with Crippen LogP contribution in [0.1, 0.15) is 31.2 Å². The van der Waals surface area contributed by atoms with Gasteiger partial charge in [-0.1, -0.05) is 25.1 Å². The van der Waals surface area contributed by atoms with E-state index in [9.17, 15) is 4.39 Å². The van der Waals surface area contributed by atoms with E-state index in [4.69, 9.17) is 0 Å². The first kappa shape index (κ1) is 7.78. The molecule has 0 unspecified atom stereocenters. The second kappa shape index (κ2) is 2.89. The minimum absolute atomic E-state index is 0.0330. The smallest absolute Gasteiger partial charge is 0.126 e. The van der Waals surface area contributed by atoms with Crippen molar-refractivity contribution in [1.29, 1.82) is 0 Å². The maximum atomic E-state index is 13.2. The van der Waals surface area contributed by atoms with Gasteiger partial charge in [-0.25, -0.2) is 4.39 Å². The molecule has 0 nitrogen and oxygen atoms in total. The van der Waals surface area contributed by atoms with Gasteiger partial charge in [0.2, 0.25) is 0 Å². The summed E-state index contributed by atoms with van der Waals surface area (Å²) in [5.41, 5.74) is 0.913. The molecule has 2 rings (SSSR count). The second-order valence-electron chi connectivity index (χ2n) is 3.80. The van der Waals surface area contributed by atoms with E-state index in [1.807, 2.05) is 12.1 Å². The maximum Gasteiger partial charge on any atom is 0.126 e. The number of halogens is 1. The highest BCUT2D eigenvalue weighted by Crippen LogP contribution is 2.41. The molecule has 0 atom stereocenters. The fourth-order valence-corrected chi connectivity index (χ4v) is 1.96. The van der Waals surface area contributed by atoms with E-state index >= 15 is 0 Å². The van der Waals surface area contributed by atoms with E-state index in [1.54, 1.807) is 12.1 Å². The van der Waals surface area contributed by atoms with Gasteiger partial charge in [0.25, 0.3) is 0 Å². The van der Waals surface area contributed by atoms with Crippen LogP contribution in [0.15, 0.2) is 24.3 Å². The van der Waals surface area contributed by atoms with E-state index in [1.165, 1.54) is 0 Å². The van der Waals surface area contributed by atoms with Crippen LogP contribution in [0.2, 0.25) is 0 Å². The molecule has 0 aromatic heterocycles. The van der Waals surface area contributed by atoms with Crippen molar-refractivity contribution in [3.8, 4) is 0 Å². The molecule has 1 aliphatic rings. The summed E-state index contributed by atoms with van der Waals surface area (Å²) in [6, 6.07) is 7.13. The molecule has 0 bridgehead atoms. The van der Waals surface area contributed by atoms with Crippen molar-refractivity contribution in [2.75, 3.05) is 0 Å². The van der Waals surface area contributed by atoms with E-state index in [2.05, 4.69) is 6.92 Å². The predicted octanol–water partition coefficient (Wildman–Crippen LogP) is 3.34. The highest BCUT2D eigenvalue weighted by molar-refractivity contribution is 5.23. The highest BCUT2D eigenvalue weighted by atomic mass is 19.1. The summed E-state index contributed by atoms with van der Waals surface area (Å²) >= 11 is 0. The van der Waals surface area contributed by atoms with Crippen molar-refractivity contribution < 1.29 is 4.39 Å². The summed E-state index contributed by atoms with van der Waals surface area (Å²) < 4.78 is 13.2. The van der Waals surface area contributed by atoms with Gasteiger partial charge in [0.15, 0.2) is 0 Å². The number of benzene rings is 1. The third-order valence-electron chi connectivity index (χ3n) is 2.72. The van der Waals surface area contributed by atoms with Crippen molar-refractivity contribution in [1.82, 2.24) is 0 Å². The molecule has 0 saturated heterocycles. The van der Waals surface area contributed by atoms with Gasteiger partial charge in [0.1, 0.15) is 5.82 Å². The Kier molecular flexibility index (Phi) is 1.87. The lowest BCUT2D eigenvalue weighted by Gasteiger charge is -2.33. The van der Waals surface area contributed by atoms with Crippen LogP contribution in [-0.4, -0.2) is 0 Å². The molecular formula is C11H13F. The fourth-order valence-electron chi connectivity index (χ4n) is 1.96. The van der Waals surface area contributed by atoms with Crippen LogP contribution >= 0.6 is 0 Å². The molecular weight excluding hydrogens is 151 g/mol. The summed E-state index contributed by atoms with van der Waals surface area (Å²) in [6.07, 6.45) is 2.31. The van der Waals surface area contributed by atoms with E-state index in [0.717, 1.165) is 24.3 Å². The molecule has 12 heavy (non-hydrogen) atoms. The SMILES string of the molecule is C[C@H]1C[C@@H](c2ccccc2F)C1. The molecule has 1 fully saturated rings. The van der Waals surface area contributed by atoms with Crippen molar-refractivity contribution in [3.63, 3.8) is 0 Å². The molecule has 1 aliphatic carbocycles. The van der Waals surface area contributed by atoms with Crippen LogP contribution in [0.5, 0.6) is 0 Å². The van der Waals surface area contributed by atoms with Crippen LogP contribution < -0.4 is 0 Å². The van der Waals surface area contributed by atoms with Crippen LogP contribution in [0, 0.1) is 11.7 Å². The Hall–Kier alpha value is -0.850. The normalized spacial score (nSPS) is 28.2. The van der Waals surface area contributed by atoms with Gasteiger partial charge in [0, 0.05) is 0 Å². The third-order valence-corrected chi connectivity index (χ3v) is 2.72. The van der Waals surface area contributed by atoms with Crippen LogP contribution in [0.25, 0.3) is 0 Å². The molecule has 0 heterocycles. The van der Waals surface area contributed by atoms with E-state index in [0.29, 0.717) is 5.92 Å². The monoisotopic (exact) mass is 164 g/mol. The first-order valence-corrected chi connectivity index (χ1v) is 4.52. The molecule has 64 valence electrons. The molecule has 0 spiro atoms. The first-order chi connectivity index (χ1) is 5.77. The fraction of sp³-hybridized carbons (Fsp3) is 0.455. The van der Waals surface area contributed by atoms with Crippen LogP contribution in [0.4, 0.5) is 4.39 Å². The maximum absolute atomic E-state index is 13.2. The number of rotatable bonds is 1. The van der Waals surface area contributed by atoms with Crippen LogP contribution in [-0.2, 0) is 0 Å². The first-order valence-electron chi connectivity index (χ1n) is 4.52. The minimum Gasteiger partial charge on any atom is -0.207 e. The van der Waals surface area contributed by atoms with Gasteiger partial charge in [-0.3, -0.25) is 0 Å². The molecule has 1 aromatic rings. The lowest BCUT2D eigenvalue weighted by Crippen LogP contribution is -2.19. The van der Waals surface area contributed by atoms with Crippen molar-refractivity contribution >= 4 is 0 Å². The van der Waals surface area contributed by atoms with Gasteiger partial charge >= 0.3 is 0 Å². The van der Waals surface area contributed by atoms with Gasteiger partial charge in [-0.15, -0.1) is 0 Å². The van der Waals surface area contributed by atoms with E-state index < -0.39 is 0 Å². The quantitative estimate of drug-likeness (QED) is 0.597. The average molecular weight is 164 g/mol. The molecule has 0 radical (unpaired) electrons.